The first-order valence-corrected chi connectivity index (χ1v) is 9.01. The first-order valence-electron chi connectivity index (χ1n) is 9.01. The molecule has 0 amide bonds. The zero-order chi connectivity index (χ0) is 22.2. The van der Waals surface area contributed by atoms with Crippen LogP contribution in [0.15, 0.2) is 30.6 Å². The zero-order valence-electron chi connectivity index (χ0n) is 15.5. The molecule has 164 valence electrons. The van der Waals surface area contributed by atoms with Crippen molar-refractivity contribution in [2.24, 2.45) is 5.92 Å². The van der Waals surface area contributed by atoms with Gasteiger partial charge < -0.3 is 10.6 Å². The predicted octanol–water partition coefficient (Wildman–Crippen LogP) is 4.06. The third-order valence-corrected chi connectivity index (χ3v) is 4.26. The van der Waals surface area contributed by atoms with Gasteiger partial charge in [0.1, 0.15) is 5.69 Å². The van der Waals surface area contributed by atoms with E-state index in [9.17, 15) is 26.3 Å². The molecule has 3 heterocycles. The van der Waals surface area contributed by atoms with Crippen LogP contribution in [0.4, 0.5) is 43.9 Å². The number of hydrogen-bond acceptors (Lipinski definition) is 7. The van der Waals surface area contributed by atoms with Crippen molar-refractivity contribution in [3.63, 3.8) is 0 Å². The van der Waals surface area contributed by atoms with Gasteiger partial charge in [0.05, 0.1) is 0 Å². The van der Waals surface area contributed by atoms with Gasteiger partial charge in [-0.05, 0) is 37.0 Å². The first kappa shape index (κ1) is 20.8. The summed E-state index contributed by atoms with van der Waals surface area (Å²) in [6.45, 7) is 0.545. The maximum Gasteiger partial charge on any atom is 0.435 e. The lowest BCUT2D eigenvalue weighted by molar-refractivity contribution is -0.142. The summed E-state index contributed by atoms with van der Waals surface area (Å²) >= 11 is 0. The van der Waals surface area contributed by atoms with Crippen LogP contribution in [0.5, 0.6) is 0 Å². The van der Waals surface area contributed by atoms with Crippen molar-refractivity contribution in [3.05, 3.63) is 42.0 Å². The van der Waals surface area contributed by atoms with Gasteiger partial charge in [0.25, 0.3) is 5.95 Å². The van der Waals surface area contributed by atoms with Crippen LogP contribution in [-0.4, -0.2) is 36.3 Å². The Labute approximate surface area is 170 Å². The maximum absolute atomic E-state index is 12.9. The van der Waals surface area contributed by atoms with Crippen molar-refractivity contribution in [1.82, 2.24) is 29.7 Å². The van der Waals surface area contributed by atoms with Gasteiger partial charge in [-0.25, -0.2) is 4.68 Å². The fourth-order valence-electron chi connectivity index (χ4n) is 2.54. The van der Waals surface area contributed by atoms with E-state index in [4.69, 9.17) is 0 Å². The summed E-state index contributed by atoms with van der Waals surface area (Å²) in [5, 5.41) is 8.98. The van der Waals surface area contributed by atoms with Gasteiger partial charge in [-0.15, -0.1) is 0 Å². The molecule has 3 aromatic rings. The molecule has 0 spiro atoms. The van der Waals surface area contributed by atoms with Crippen molar-refractivity contribution < 1.29 is 26.3 Å². The molecule has 1 fully saturated rings. The van der Waals surface area contributed by atoms with Gasteiger partial charge in [-0.3, -0.25) is 4.98 Å². The standard InChI is InChI=1S/C17H14F6N8/c18-16(19,20)11-4-6-31(30-11)15-28-13(25-8-9-1-2-9)27-14(29-15)26-10-3-5-24-12(7-10)17(21,22)23/h3-7,9H,1-2,8H2,(H2,24,25,26,27,28,29). The number of halogens is 6. The minimum absolute atomic E-state index is 0.0101. The Balaban J connectivity index is 1.65. The Hall–Kier alpha value is -3.45. The molecule has 14 heteroatoms. The fraction of sp³-hybridized carbons (Fsp3) is 0.353. The highest BCUT2D eigenvalue weighted by atomic mass is 19.4. The molecule has 0 bridgehead atoms. The summed E-state index contributed by atoms with van der Waals surface area (Å²) in [5.41, 5.74) is -2.27. The Morgan fingerprint density at radius 2 is 1.65 bits per heavy atom. The number of anilines is 3. The van der Waals surface area contributed by atoms with E-state index in [-0.39, 0.29) is 23.5 Å². The monoisotopic (exact) mass is 444 g/mol. The second-order valence-corrected chi connectivity index (χ2v) is 6.80. The highest BCUT2D eigenvalue weighted by Gasteiger charge is 2.34. The van der Waals surface area contributed by atoms with Gasteiger partial charge >= 0.3 is 12.4 Å². The minimum atomic E-state index is -4.66. The zero-order valence-corrected chi connectivity index (χ0v) is 15.5. The molecule has 3 aromatic heterocycles. The topological polar surface area (TPSA) is 93.4 Å². The number of hydrogen-bond donors (Lipinski definition) is 2. The SMILES string of the molecule is FC(F)(F)c1cc(Nc2nc(NCC3CC3)nc(-n3ccc(C(F)(F)F)n3)n2)ccn1. The molecule has 2 N–H and O–H groups in total. The Morgan fingerprint density at radius 1 is 0.935 bits per heavy atom. The van der Waals surface area contributed by atoms with Crippen LogP contribution in [0.25, 0.3) is 5.95 Å². The molecular formula is C17H14F6N8. The van der Waals surface area contributed by atoms with Crippen molar-refractivity contribution in [1.29, 1.82) is 0 Å². The van der Waals surface area contributed by atoms with E-state index in [2.05, 4.69) is 35.7 Å². The normalized spacial score (nSPS) is 14.5. The number of alkyl halides is 6. The maximum atomic E-state index is 12.9. The molecule has 0 unspecified atom stereocenters. The lowest BCUT2D eigenvalue weighted by Crippen LogP contribution is -2.14. The van der Waals surface area contributed by atoms with E-state index >= 15 is 0 Å². The molecule has 1 saturated carbocycles. The van der Waals surface area contributed by atoms with Crippen molar-refractivity contribution in [3.8, 4) is 5.95 Å². The third kappa shape index (κ3) is 5.19. The number of pyridine rings is 1. The van der Waals surface area contributed by atoms with Crippen LogP contribution >= 0.6 is 0 Å². The largest absolute Gasteiger partial charge is 0.435 e. The summed E-state index contributed by atoms with van der Waals surface area (Å²) in [6.07, 6.45) is -5.26. The molecule has 31 heavy (non-hydrogen) atoms. The summed E-state index contributed by atoms with van der Waals surface area (Å²) < 4.78 is 78.1. The van der Waals surface area contributed by atoms with Crippen LogP contribution < -0.4 is 10.6 Å². The van der Waals surface area contributed by atoms with E-state index in [1.807, 2.05) is 0 Å². The lowest BCUT2D eigenvalue weighted by Gasteiger charge is -2.11. The van der Waals surface area contributed by atoms with Gasteiger partial charge in [0.2, 0.25) is 11.9 Å². The smallest absolute Gasteiger partial charge is 0.354 e. The van der Waals surface area contributed by atoms with Crippen LogP contribution in [0.3, 0.4) is 0 Å². The Kier molecular flexibility index (Phi) is 5.15. The van der Waals surface area contributed by atoms with E-state index in [1.165, 1.54) is 6.07 Å². The highest BCUT2D eigenvalue weighted by molar-refractivity contribution is 5.55. The van der Waals surface area contributed by atoms with Crippen LogP contribution in [0.2, 0.25) is 0 Å². The quantitative estimate of drug-likeness (QED) is 0.554. The fourth-order valence-corrected chi connectivity index (χ4v) is 2.54. The number of nitrogens with one attached hydrogen (secondary N) is 2. The second-order valence-electron chi connectivity index (χ2n) is 6.80. The molecule has 0 atom stereocenters. The highest BCUT2D eigenvalue weighted by Crippen LogP contribution is 2.31. The molecule has 0 aliphatic heterocycles. The van der Waals surface area contributed by atoms with Crippen LogP contribution in [0.1, 0.15) is 24.2 Å². The van der Waals surface area contributed by atoms with E-state index in [0.717, 1.165) is 42.0 Å². The second kappa shape index (κ2) is 7.67. The number of rotatable bonds is 6. The first-order chi connectivity index (χ1) is 14.6. The minimum Gasteiger partial charge on any atom is -0.354 e. The van der Waals surface area contributed by atoms with E-state index < -0.39 is 23.7 Å². The molecule has 8 nitrogen and oxygen atoms in total. The number of aromatic nitrogens is 6. The summed E-state index contributed by atoms with van der Waals surface area (Å²) in [6, 6.07) is 2.79. The molecule has 1 aliphatic carbocycles. The molecular weight excluding hydrogens is 430 g/mol. The van der Waals surface area contributed by atoms with E-state index in [0.29, 0.717) is 12.5 Å². The Bertz CT molecular complexity index is 1070. The third-order valence-electron chi connectivity index (χ3n) is 4.26. The average molecular weight is 444 g/mol. The Morgan fingerprint density at radius 3 is 2.29 bits per heavy atom. The number of nitrogens with zero attached hydrogens (tertiary/aromatic N) is 6. The molecule has 0 saturated heterocycles. The van der Waals surface area contributed by atoms with Gasteiger partial charge in [0.15, 0.2) is 5.69 Å². The van der Waals surface area contributed by atoms with Gasteiger partial charge in [-0.1, -0.05) is 0 Å². The lowest BCUT2D eigenvalue weighted by atomic mass is 10.3. The predicted molar refractivity (Wildman–Crippen MR) is 95.7 cm³/mol. The van der Waals surface area contributed by atoms with Crippen LogP contribution in [-0.2, 0) is 12.4 Å². The molecule has 0 radical (unpaired) electrons. The van der Waals surface area contributed by atoms with Crippen LogP contribution in [0, 0.1) is 5.92 Å². The van der Waals surface area contributed by atoms with Crippen molar-refractivity contribution >= 4 is 17.6 Å². The van der Waals surface area contributed by atoms with Gasteiger partial charge in [0, 0.05) is 24.6 Å². The van der Waals surface area contributed by atoms with Crippen molar-refractivity contribution in [2.75, 3.05) is 17.2 Å². The molecule has 0 aromatic carbocycles. The summed E-state index contributed by atoms with van der Waals surface area (Å²) in [5.74, 6) is 0.0735. The summed E-state index contributed by atoms with van der Waals surface area (Å²) in [4.78, 5) is 15.4. The van der Waals surface area contributed by atoms with E-state index in [1.54, 1.807) is 0 Å². The molecule has 1 aliphatic rings. The average Bonchev–Trinajstić information content (AvgIpc) is 3.37. The van der Waals surface area contributed by atoms with Gasteiger partial charge in [-0.2, -0.15) is 46.4 Å². The molecule has 4 rings (SSSR count). The van der Waals surface area contributed by atoms with Crippen molar-refractivity contribution in [2.45, 2.75) is 25.2 Å². The summed E-state index contributed by atoms with van der Waals surface area (Å²) in [7, 11) is 0.